The van der Waals surface area contributed by atoms with Crippen LogP contribution in [-0.4, -0.2) is 81.7 Å². The van der Waals surface area contributed by atoms with Gasteiger partial charge < -0.3 is 14.8 Å². The number of hydrogen-bond acceptors (Lipinski definition) is 5. The van der Waals surface area contributed by atoms with Gasteiger partial charge in [0.05, 0.1) is 18.2 Å². The molecule has 0 radical (unpaired) electrons. The van der Waals surface area contributed by atoms with Crippen molar-refractivity contribution in [1.29, 1.82) is 0 Å². The van der Waals surface area contributed by atoms with Crippen molar-refractivity contribution in [3.05, 3.63) is 64.1 Å². The maximum Gasteiger partial charge on any atom is 0.328 e. The van der Waals surface area contributed by atoms with E-state index in [9.17, 15) is 19.1 Å². The van der Waals surface area contributed by atoms with Crippen LogP contribution in [0.1, 0.15) is 36.2 Å². The van der Waals surface area contributed by atoms with Gasteiger partial charge in [0.15, 0.2) is 0 Å². The molecule has 3 aromatic rings. The van der Waals surface area contributed by atoms with Crippen LogP contribution in [0.3, 0.4) is 0 Å². The van der Waals surface area contributed by atoms with Crippen LogP contribution in [0.2, 0.25) is 5.02 Å². The molecule has 3 aliphatic heterocycles. The molecule has 10 heteroatoms. The molecular weight excluding hydrogens is 499 g/mol. The van der Waals surface area contributed by atoms with E-state index in [1.165, 1.54) is 11.0 Å². The molecular formula is C27H28ClFN4O4. The summed E-state index contributed by atoms with van der Waals surface area (Å²) >= 11 is 6.13. The maximum atomic E-state index is 14.3. The topological polar surface area (TPSA) is 89.1 Å². The molecule has 2 unspecified atom stereocenters. The third-order valence-corrected chi connectivity index (χ3v) is 8.14. The van der Waals surface area contributed by atoms with Gasteiger partial charge in [-0.15, -0.1) is 0 Å². The summed E-state index contributed by atoms with van der Waals surface area (Å²) in [6.07, 6.45) is 0.936. The van der Waals surface area contributed by atoms with Crippen LogP contribution in [0.4, 0.5) is 9.18 Å². The Kier molecular flexibility index (Phi) is 5.89. The number of halogens is 2. The second kappa shape index (κ2) is 9.01. The number of ether oxygens (including phenoxy) is 1. The number of H-pyrrole nitrogens is 1. The number of phenolic OH excluding ortho intramolecular Hbond substituents is 1. The van der Waals surface area contributed by atoms with Crippen molar-refractivity contribution in [1.82, 2.24) is 19.7 Å². The Bertz CT molecular complexity index is 1400. The number of fused-ring (bicyclic) bond motifs is 4. The van der Waals surface area contributed by atoms with Crippen LogP contribution in [0.15, 0.2) is 36.4 Å². The maximum absolute atomic E-state index is 14.3. The van der Waals surface area contributed by atoms with Gasteiger partial charge in [-0.3, -0.25) is 19.5 Å². The number of hydrogen-bond donors (Lipinski definition) is 2. The third kappa shape index (κ3) is 3.88. The highest BCUT2D eigenvalue weighted by atomic mass is 35.5. The van der Waals surface area contributed by atoms with Gasteiger partial charge in [-0.2, -0.15) is 0 Å². The molecule has 0 spiro atoms. The minimum absolute atomic E-state index is 0.00523. The number of urea groups is 1. The lowest BCUT2D eigenvalue weighted by Gasteiger charge is -2.42. The van der Waals surface area contributed by atoms with Gasteiger partial charge >= 0.3 is 6.03 Å². The SMILES string of the molecule is CC12Cc3c([nH]c4cc(F)c(Cl)cc34)C(c3cccc(O)c3)N1C(=O)N(CCCN1CCOCC1)C2=O. The predicted molar refractivity (Wildman–Crippen MR) is 136 cm³/mol. The lowest BCUT2D eigenvalue weighted by atomic mass is 9.81. The molecule has 37 heavy (non-hydrogen) atoms. The van der Waals surface area contributed by atoms with Gasteiger partial charge in [0, 0.05) is 49.2 Å². The van der Waals surface area contributed by atoms with E-state index < -0.39 is 17.4 Å². The number of morpholine rings is 1. The Balaban J connectivity index is 1.40. The molecule has 8 nitrogen and oxygen atoms in total. The number of aromatic hydroxyl groups is 1. The first-order valence-electron chi connectivity index (χ1n) is 12.5. The number of nitrogens with zero attached hydrogens (tertiary/aromatic N) is 3. The molecule has 2 N–H and O–H groups in total. The minimum Gasteiger partial charge on any atom is -0.508 e. The van der Waals surface area contributed by atoms with Crippen molar-refractivity contribution in [2.24, 2.45) is 0 Å². The highest BCUT2D eigenvalue weighted by Crippen LogP contribution is 2.49. The normalized spacial score (nSPS) is 24.1. The third-order valence-electron chi connectivity index (χ3n) is 7.85. The average molecular weight is 527 g/mol. The first-order valence-corrected chi connectivity index (χ1v) is 12.9. The van der Waals surface area contributed by atoms with Crippen LogP contribution < -0.4 is 0 Å². The molecule has 2 saturated heterocycles. The number of amides is 3. The first-order chi connectivity index (χ1) is 17.8. The lowest BCUT2D eigenvalue weighted by Crippen LogP contribution is -2.53. The lowest BCUT2D eigenvalue weighted by molar-refractivity contribution is -0.133. The number of phenols is 1. The molecule has 2 fully saturated rings. The fraction of sp³-hybridized carbons (Fsp3) is 0.407. The molecule has 3 aliphatic rings. The number of imide groups is 1. The fourth-order valence-corrected chi connectivity index (χ4v) is 6.19. The average Bonchev–Trinajstić information content (AvgIpc) is 3.30. The number of aromatic nitrogens is 1. The minimum atomic E-state index is -1.14. The van der Waals surface area contributed by atoms with E-state index in [-0.39, 0.29) is 29.1 Å². The molecule has 3 amide bonds. The molecule has 2 aromatic carbocycles. The molecule has 0 aliphatic carbocycles. The number of aromatic amines is 1. The van der Waals surface area contributed by atoms with E-state index in [4.69, 9.17) is 16.3 Å². The van der Waals surface area contributed by atoms with Crippen molar-refractivity contribution in [2.45, 2.75) is 31.3 Å². The quantitative estimate of drug-likeness (QED) is 0.490. The van der Waals surface area contributed by atoms with Crippen LogP contribution in [0, 0.1) is 5.82 Å². The molecule has 194 valence electrons. The van der Waals surface area contributed by atoms with Gasteiger partial charge in [-0.1, -0.05) is 23.7 Å². The Morgan fingerprint density at radius 1 is 1.19 bits per heavy atom. The van der Waals surface area contributed by atoms with Gasteiger partial charge in [0.25, 0.3) is 5.91 Å². The number of carbonyl (C=O) groups is 2. The summed E-state index contributed by atoms with van der Waals surface area (Å²) in [6.45, 7) is 5.96. The Labute approximate surface area is 218 Å². The van der Waals surface area contributed by atoms with Crippen LogP contribution in [0.25, 0.3) is 10.9 Å². The fourth-order valence-electron chi connectivity index (χ4n) is 6.03. The molecule has 2 atom stereocenters. The Hall–Kier alpha value is -3.14. The summed E-state index contributed by atoms with van der Waals surface area (Å²) in [7, 11) is 0. The molecule has 0 saturated carbocycles. The van der Waals surface area contributed by atoms with Crippen molar-refractivity contribution in [3.63, 3.8) is 0 Å². The zero-order valence-electron chi connectivity index (χ0n) is 20.5. The van der Waals surface area contributed by atoms with Crippen molar-refractivity contribution in [3.8, 4) is 5.75 Å². The molecule has 4 heterocycles. The summed E-state index contributed by atoms with van der Waals surface area (Å²) in [5.74, 6) is -0.748. The zero-order chi connectivity index (χ0) is 25.9. The standard InChI is InChI=1S/C27H28ClFN4O4/c1-27-15-19-18-13-20(28)21(29)14-22(18)30-23(19)24(16-4-2-5-17(34)12-16)33(27)26(36)32(25(27)35)7-3-6-31-8-10-37-11-9-31/h2,4-5,12-14,24,30,34H,3,6-11,15H2,1H3. The van der Waals surface area contributed by atoms with Crippen LogP contribution >= 0.6 is 11.6 Å². The predicted octanol–water partition coefficient (Wildman–Crippen LogP) is 4.06. The van der Waals surface area contributed by atoms with E-state index in [2.05, 4.69) is 9.88 Å². The highest BCUT2D eigenvalue weighted by Gasteiger charge is 2.60. The largest absolute Gasteiger partial charge is 0.508 e. The van der Waals surface area contributed by atoms with E-state index >= 15 is 0 Å². The van der Waals surface area contributed by atoms with E-state index in [1.807, 2.05) is 6.07 Å². The summed E-state index contributed by atoms with van der Waals surface area (Å²) in [4.78, 5) is 36.3. The van der Waals surface area contributed by atoms with Gasteiger partial charge in [0.2, 0.25) is 0 Å². The van der Waals surface area contributed by atoms with Crippen molar-refractivity contribution < 1.29 is 23.8 Å². The number of carbonyl (C=O) groups excluding carboxylic acids is 2. The second-order valence-electron chi connectivity index (χ2n) is 10.2. The number of benzene rings is 2. The first kappa shape index (κ1) is 24.2. The number of nitrogens with one attached hydrogen (secondary N) is 1. The number of rotatable bonds is 5. The monoisotopic (exact) mass is 526 g/mol. The highest BCUT2D eigenvalue weighted by molar-refractivity contribution is 6.31. The van der Waals surface area contributed by atoms with Gasteiger partial charge in [-0.05, 0) is 48.7 Å². The van der Waals surface area contributed by atoms with Gasteiger partial charge in [-0.25, -0.2) is 9.18 Å². The van der Waals surface area contributed by atoms with Crippen LogP contribution in [0.5, 0.6) is 5.75 Å². The van der Waals surface area contributed by atoms with E-state index in [0.29, 0.717) is 43.0 Å². The van der Waals surface area contributed by atoms with Crippen molar-refractivity contribution in [2.75, 3.05) is 39.4 Å². The van der Waals surface area contributed by atoms with Gasteiger partial charge in [0.1, 0.15) is 23.1 Å². The Morgan fingerprint density at radius 3 is 2.73 bits per heavy atom. The van der Waals surface area contributed by atoms with E-state index in [1.54, 1.807) is 36.1 Å². The summed E-state index contributed by atoms with van der Waals surface area (Å²) in [5.41, 5.74) is 1.57. The molecule has 6 rings (SSSR count). The second-order valence-corrected chi connectivity index (χ2v) is 10.6. The Morgan fingerprint density at radius 2 is 1.97 bits per heavy atom. The van der Waals surface area contributed by atoms with Crippen LogP contribution in [-0.2, 0) is 16.0 Å². The molecule has 0 bridgehead atoms. The van der Waals surface area contributed by atoms with E-state index in [0.717, 1.165) is 30.6 Å². The summed E-state index contributed by atoms with van der Waals surface area (Å²) in [6, 6.07) is 8.55. The molecule has 1 aromatic heterocycles. The summed E-state index contributed by atoms with van der Waals surface area (Å²) < 4.78 is 19.7. The summed E-state index contributed by atoms with van der Waals surface area (Å²) in [5, 5.41) is 11.0. The smallest absolute Gasteiger partial charge is 0.328 e. The van der Waals surface area contributed by atoms with Crippen molar-refractivity contribution >= 4 is 34.4 Å². The zero-order valence-corrected chi connectivity index (χ0v) is 21.2.